The summed E-state index contributed by atoms with van der Waals surface area (Å²) in [5.41, 5.74) is 2.32. The Balaban J connectivity index is 1.26. The molecule has 1 aliphatic heterocycles. The summed E-state index contributed by atoms with van der Waals surface area (Å²) in [4.78, 5) is 38.7. The number of nitrogens with one attached hydrogen (secondary N) is 2. The van der Waals surface area contributed by atoms with E-state index in [0.717, 1.165) is 5.56 Å². The standard InChI is InChI=1S/C26H24ClN3O4/c27-20-6-8-21(9-7-20)29-24(31)17-34-23-12-10-22(11-13-23)30-16-19(14-25(30)32)26(33)28-15-18-4-2-1-3-5-18/h1-13,19H,14-17H2,(H,28,33)(H,29,31)/t19-/m1/s1. The second kappa shape index (κ2) is 10.9. The smallest absolute Gasteiger partial charge is 0.262 e. The zero-order chi connectivity index (χ0) is 23.9. The Morgan fingerprint density at radius 3 is 2.38 bits per heavy atom. The molecule has 0 radical (unpaired) electrons. The average Bonchev–Trinajstić information content (AvgIpc) is 3.25. The monoisotopic (exact) mass is 477 g/mol. The number of amides is 3. The highest BCUT2D eigenvalue weighted by Crippen LogP contribution is 2.27. The highest BCUT2D eigenvalue weighted by Gasteiger charge is 2.35. The zero-order valence-corrected chi connectivity index (χ0v) is 19.1. The Kier molecular flexibility index (Phi) is 7.44. The third-order valence-corrected chi connectivity index (χ3v) is 5.70. The number of benzene rings is 3. The number of nitrogens with zero attached hydrogens (tertiary/aromatic N) is 1. The van der Waals surface area contributed by atoms with E-state index in [0.29, 0.717) is 35.2 Å². The van der Waals surface area contributed by atoms with Gasteiger partial charge in [0, 0.05) is 35.9 Å². The molecule has 1 atom stereocenters. The van der Waals surface area contributed by atoms with Crippen molar-refractivity contribution in [2.75, 3.05) is 23.4 Å². The summed E-state index contributed by atoms with van der Waals surface area (Å²) in [7, 11) is 0. The molecule has 0 aliphatic carbocycles. The number of carbonyl (C=O) groups excluding carboxylic acids is 3. The first-order chi connectivity index (χ1) is 16.5. The summed E-state index contributed by atoms with van der Waals surface area (Å²) in [5, 5.41) is 6.22. The fourth-order valence-electron chi connectivity index (χ4n) is 3.66. The Labute approximate surface area is 202 Å². The van der Waals surface area contributed by atoms with Crippen LogP contribution in [0, 0.1) is 5.92 Å². The SMILES string of the molecule is O=C(COc1ccc(N2C[C@H](C(=O)NCc3ccccc3)CC2=O)cc1)Nc1ccc(Cl)cc1. The van der Waals surface area contributed by atoms with Crippen LogP contribution >= 0.6 is 11.6 Å². The van der Waals surface area contributed by atoms with Crippen molar-refractivity contribution in [3.05, 3.63) is 89.4 Å². The van der Waals surface area contributed by atoms with Crippen molar-refractivity contribution in [3.63, 3.8) is 0 Å². The molecule has 0 saturated carbocycles. The van der Waals surface area contributed by atoms with Gasteiger partial charge in [-0.05, 0) is 54.1 Å². The van der Waals surface area contributed by atoms with Gasteiger partial charge in [-0.2, -0.15) is 0 Å². The summed E-state index contributed by atoms with van der Waals surface area (Å²) in [6, 6.07) is 23.3. The molecule has 7 nitrogen and oxygen atoms in total. The number of hydrogen-bond acceptors (Lipinski definition) is 4. The van der Waals surface area contributed by atoms with Gasteiger partial charge in [0.15, 0.2) is 6.61 Å². The molecule has 1 fully saturated rings. The van der Waals surface area contributed by atoms with Crippen molar-refractivity contribution in [2.45, 2.75) is 13.0 Å². The van der Waals surface area contributed by atoms with E-state index < -0.39 is 5.92 Å². The van der Waals surface area contributed by atoms with Gasteiger partial charge in [0.05, 0.1) is 5.92 Å². The molecule has 0 spiro atoms. The van der Waals surface area contributed by atoms with Crippen LogP contribution in [0.2, 0.25) is 5.02 Å². The lowest BCUT2D eigenvalue weighted by Crippen LogP contribution is -2.32. The van der Waals surface area contributed by atoms with E-state index in [9.17, 15) is 14.4 Å². The molecule has 1 aliphatic rings. The summed E-state index contributed by atoms with van der Waals surface area (Å²) in [5.74, 6) is -0.435. The lowest BCUT2D eigenvalue weighted by Gasteiger charge is -2.17. The molecule has 4 rings (SSSR count). The predicted molar refractivity (Wildman–Crippen MR) is 131 cm³/mol. The molecule has 34 heavy (non-hydrogen) atoms. The normalized spacial score (nSPS) is 15.1. The highest BCUT2D eigenvalue weighted by atomic mass is 35.5. The molecule has 1 heterocycles. The zero-order valence-electron chi connectivity index (χ0n) is 18.4. The van der Waals surface area contributed by atoms with Gasteiger partial charge in [-0.1, -0.05) is 41.9 Å². The molecular formula is C26H24ClN3O4. The van der Waals surface area contributed by atoms with Crippen LogP contribution < -0.4 is 20.3 Å². The maximum Gasteiger partial charge on any atom is 0.262 e. The van der Waals surface area contributed by atoms with Gasteiger partial charge in [0.25, 0.3) is 5.91 Å². The molecule has 174 valence electrons. The lowest BCUT2D eigenvalue weighted by molar-refractivity contribution is -0.126. The topological polar surface area (TPSA) is 87.7 Å². The summed E-state index contributed by atoms with van der Waals surface area (Å²) < 4.78 is 5.54. The predicted octanol–water partition coefficient (Wildman–Crippen LogP) is 4.03. The molecule has 3 aromatic rings. The largest absolute Gasteiger partial charge is 0.484 e. The first-order valence-electron chi connectivity index (χ1n) is 10.9. The lowest BCUT2D eigenvalue weighted by atomic mass is 10.1. The van der Waals surface area contributed by atoms with Crippen LogP contribution in [0.15, 0.2) is 78.9 Å². The maximum absolute atomic E-state index is 12.5. The van der Waals surface area contributed by atoms with Gasteiger partial charge in [0.2, 0.25) is 11.8 Å². The first kappa shape index (κ1) is 23.3. The van der Waals surface area contributed by atoms with E-state index >= 15 is 0 Å². The Morgan fingerprint density at radius 2 is 1.68 bits per heavy atom. The molecule has 1 saturated heterocycles. The number of hydrogen-bond donors (Lipinski definition) is 2. The molecule has 0 unspecified atom stereocenters. The van der Waals surface area contributed by atoms with Crippen molar-refractivity contribution < 1.29 is 19.1 Å². The van der Waals surface area contributed by atoms with Gasteiger partial charge in [-0.15, -0.1) is 0 Å². The van der Waals surface area contributed by atoms with Crippen LogP contribution in [-0.2, 0) is 20.9 Å². The minimum atomic E-state index is -0.399. The van der Waals surface area contributed by atoms with Crippen LogP contribution in [0.25, 0.3) is 0 Å². The third-order valence-electron chi connectivity index (χ3n) is 5.45. The molecule has 3 amide bonds. The number of carbonyl (C=O) groups is 3. The van der Waals surface area contributed by atoms with E-state index in [2.05, 4.69) is 10.6 Å². The maximum atomic E-state index is 12.5. The fraction of sp³-hybridized carbons (Fsp3) is 0.192. The molecule has 0 bridgehead atoms. The van der Waals surface area contributed by atoms with Crippen molar-refractivity contribution >= 4 is 40.7 Å². The minimum absolute atomic E-state index is 0.101. The summed E-state index contributed by atoms with van der Waals surface area (Å²) >= 11 is 5.84. The number of anilines is 2. The van der Waals surface area contributed by atoms with Gasteiger partial charge in [-0.3, -0.25) is 14.4 Å². The molecule has 0 aromatic heterocycles. The van der Waals surface area contributed by atoms with Crippen LogP contribution in [0.5, 0.6) is 5.75 Å². The van der Waals surface area contributed by atoms with Crippen molar-refractivity contribution in [1.29, 1.82) is 0 Å². The Bertz CT molecular complexity index is 1150. The van der Waals surface area contributed by atoms with Gasteiger partial charge in [0.1, 0.15) is 5.75 Å². The number of ether oxygens (including phenoxy) is 1. The summed E-state index contributed by atoms with van der Waals surface area (Å²) in [6.45, 7) is 0.597. The molecular weight excluding hydrogens is 454 g/mol. The fourth-order valence-corrected chi connectivity index (χ4v) is 3.79. The molecule has 8 heteroatoms. The van der Waals surface area contributed by atoms with E-state index in [1.807, 2.05) is 30.3 Å². The minimum Gasteiger partial charge on any atom is -0.484 e. The highest BCUT2D eigenvalue weighted by molar-refractivity contribution is 6.30. The Morgan fingerprint density at radius 1 is 0.971 bits per heavy atom. The molecule has 2 N–H and O–H groups in total. The van der Waals surface area contributed by atoms with Crippen LogP contribution in [-0.4, -0.2) is 30.9 Å². The first-order valence-corrected chi connectivity index (χ1v) is 11.3. The van der Waals surface area contributed by atoms with Crippen LogP contribution in [0.1, 0.15) is 12.0 Å². The number of rotatable bonds is 8. The van der Waals surface area contributed by atoms with Gasteiger partial charge < -0.3 is 20.3 Å². The quantitative estimate of drug-likeness (QED) is 0.513. The second-order valence-electron chi connectivity index (χ2n) is 7.95. The van der Waals surface area contributed by atoms with E-state index in [1.54, 1.807) is 53.4 Å². The third kappa shape index (κ3) is 6.14. The van der Waals surface area contributed by atoms with Crippen LogP contribution in [0.4, 0.5) is 11.4 Å². The van der Waals surface area contributed by atoms with E-state index in [-0.39, 0.29) is 30.7 Å². The van der Waals surface area contributed by atoms with Crippen molar-refractivity contribution in [2.24, 2.45) is 5.92 Å². The van der Waals surface area contributed by atoms with Gasteiger partial charge in [-0.25, -0.2) is 0 Å². The van der Waals surface area contributed by atoms with Gasteiger partial charge >= 0.3 is 0 Å². The van der Waals surface area contributed by atoms with E-state index in [1.165, 1.54) is 0 Å². The van der Waals surface area contributed by atoms with Crippen molar-refractivity contribution in [3.8, 4) is 5.75 Å². The average molecular weight is 478 g/mol. The second-order valence-corrected chi connectivity index (χ2v) is 8.38. The summed E-state index contributed by atoms with van der Waals surface area (Å²) in [6.07, 6.45) is 0.170. The van der Waals surface area contributed by atoms with E-state index in [4.69, 9.17) is 16.3 Å². The van der Waals surface area contributed by atoms with Crippen LogP contribution in [0.3, 0.4) is 0 Å². The number of halogens is 1. The Hall–Kier alpha value is -3.84. The van der Waals surface area contributed by atoms with Crippen molar-refractivity contribution in [1.82, 2.24) is 5.32 Å². The molecule has 3 aromatic carbocycles.